The van der Waals surface area contributed by atoms with Crippen LogP contribution in [0.25, 0.3) is 0 Å². The van der Waals surface area contributed by atoms with E-state index in [1.54, 1.807) is 0 Å². The highest BCUT2D eigenvalue weighted by Gasteiger charge is 2.14. The van der Waals surface area contributed by atoms with E-state index in [0.29, 0.717) is 0 Å². The molecular weight excluding hydrogens is 174 g/mol. The fourth-order valence-electron chi connectivity index (χ4n) is 2.05. The fourth-order valence-corrected chi connectivity index (χ4v) is 2.05. The summed E-state index contributed by atoms with van der Waals surface area (Å²) >= 11 is 0. The van der Waals surface area contributed by atoms with Crippen LogP contribution >= 0.6 is 0 Å². The molecule has 0 saturated carbocycles. The van der Waals surface area contributed by atoms with Gasteiger partial charge in [0.15, 0.2) is 0 Å². The summed E-state index contributed by atoms with van der Waals surface area (Å²) in [4.78, 5) is 6.89. The minimum absolute atomic E-state index is 1.14. The number of aromatic nitrogens is 2. The van der Waals surface area contributed by atoms with Crippen LogP contribution in [-0.4, -0.2) is 22.6 Å². The lowest BCUT2D eigenvalue weighted by molar-refractivity contribution is 0.726. The summed E-state index contributed by atoms with van der Waals surface area (Å²) in [6, 6.07) is 0. The molecular formula is C11H19N3. The third-order valence-corrected chi connectivity index (χ3v) is 3.08. The molecule has 0 aromatic carbocycles. The fraction of sp³-hybridized carbons (Fsp3) is 0.727. The van der Waals surface area contributed by atoms with Gasteiger partial charge in [0.05, 0.1) is 6.20 Å². The third kappa shape index (κ3) is 1.76. The van der Waals surface area contributed by atoms with Crippen molar-refractivity contribution in [1.82, 2.24) is 9.55 Å². The van der Waals surface area contributed by atoms with Crippen molar-refractivity contribution in [2.75, 3.05) is 18.0 Å². The molecule has 0 atom stereocenters. The van der Waals surface area contributed by atoms with Gasteiger partial charge in [-0.15, -0.1) is 0 Å². The van der Waals surface area contributed by atoms with Crippen molar-refractivity contribution in [1.29, 1.82) is 0 Å². The topological polar surface area (TPSA) is 21.1 Å². The van der Waals surface area contributed by atoms with Gasteiger partial charge in [-0.1, -0.05) is 12.8 Å². The Balaban J connectivity index is 2.16. The lowest BCUT2D eigenvalue weighted by atomic mass is 10.2. The minimum Gasteiger partial charge on any atom is -0.342 e. The zero-order valence-electron chi connectivity index (χ0n) is 9.16. The number of rotatable bonds is 1. The van der Waals surface area contributed by atoms with Crippen molar-refractivity contribution in [3.63, 3.8) is 0 Å². The predicted octanol–water partition coefficient (Wildman–Crippen LogP) is 2.11. The van der Waals surface area contributed by atoms with Crippen LogP contribution in [-0.2, 0) is 7.05 Å². The van der Waals surface area contributed by atoms with Crippen LogP contribution in [0.5, 0.6) is 0 Å². The van der Waals surface area contributed by atoms with E-state index in [1.807, 2.05) is 6.20 Å². The Kier molecular flexibility index (Phi) is 2.75. The molecule has 0 unspecified atom stereocenters. The minimum atomic E-state index is 1.14. The first-order valence-corrected chi connectivity index (χ1v) is 5.52. The molecule has 2 heterocycles. The molecule has 0 amide bonds. The third-order valence-electron chi connectivity index (χ3n) is 3.08. The van der Waals surface area contributed by atoms with E-state index in [4.69, 9.17) is 0 Å². The van der Waals surface area contributed by atoms with E-state index in [9.17, 15) is 0 Å². The number of anilines is 1. The van der Waals surface area contributed by atoms with Crippen molar-refractivity contribution in [3.05, 3.63) is 11.9 Å². The van der Waals surface area contributed by atoms with Gasteiger partial charge in [-0.3, -0.25) is 0 Å². The Morgan fingerprint density at radius 1 is 1.14 bits per heavy atom. The molecule has 0 radical (unpaired) electrons. The molecule has 1 aliphatic rings. The maximum absolute atomic E-state index is 4.47. The second kappa shape index (κ2) is 4.03. The standard InChI is InChI=1S/C11H19N3/c1-10-9-12-11(13(10)2)14-7-5-3-4-6-8-14/h9H,3-8H2,1-2H3. The Labute approximate surface area is 85.7 Å². The molecule has 3 heteroatoms. The summed E-state index contributed by atoms with van der Waals surface area (Å²) in [6.45, 7) is 4.45. The first-order valence-electron chi connectivity index (χ1n) is 5.52. The van der Waals surface area contributed by atoms with Crippen molar-refractivity contribution in [2.24, 2.45) is 7.05 Å². The van der Waals surface area contributed by atoms with E-state index in [2.05, 4.69) is 28.4 Å². The molecule has 1 fully saturated rings. The number of aryl methyl sites for hydroxylation is 1. The van der Waals surface area contributed by atoms with E-state index in [-0.39, 0.29) is 0 Å². The average molecular weight is 193 g/mol. The molecule has 2 rings (SSSR count). The van der Waals surface area contributed by atoms with Crippen molar-refractivity contribution in [2.45, 2.75) is 32.6 Å². The Hall–Kier alpha value is -0.990. The van der Waals surface area contributed by atoms with Crippen molar-refractivity contribution < 1.29 is 0 Å². The molecule has 0 aliphatic carbocycles. The summed E-state index contributed by atoms with van der Waals surface area (Å²) in [7, 11) is 2.10. The molecule has 0 bridgehead atoms. The molecule has 14 heavy (non-hydrogen) atoms. The van der Waals surface area contributed by atoms with E-state index in [0.717, 1.165) is 5.95 Å². The normalized spacial score (nSPS) is 18.3. The van der Waals surface area contributed by atoms with Gasteiger partial charge in [0.2, 0.25) is 5.95 Å². The second-order valence-corrected chi connectivity index (χ2v) is 4.16. The van der Waals surface area contributed by atoms with E-state index < -0.39 is 0 Å². The highest BCUT2D eigenvalue weighted by Crippen LogP contribution is 2.18. The first-order chi connectivity index (χ1) is 6.79. The van der Waals surface area contributed by atoms with Crippen LogP contribution in [0.3, 0.4) is 0 Å². The van der Waals surface area contributed by atoms with Gasteiger partial charge in [-0.2, -0.15) is 0 Å². The SMILES string of the molecule is Cc1cnc(N2CCCCCC2)n1C. The lowest BCUT2D eigenvalue weighted by Crippen LogP contribution is -2.26. The van der Waals surface area contributed by atoms with Crippen LogP contribution in [0.15, 0.2) is 6.20 Å². The zero-order chi connectivity index (χ0) is 9.97. The van der Waals surface area contributed by atoms with Crippen LogP contribution in [0, 0.1) is 6.92 Å². The van der Waals surface area contributed by atoms with Crippen LogP contribution in [0.1, 0.15) is 31.4 Å². The molecule has 1 aromatic heterocycles. The van der Waals surface area contributed by atoms with Gasteiger partial charge in [0.25, 0.3) is 0 Å². The average Bonchev–Trinajstić information content (AvgIpc) is 2.47. The highest BCUT2D eigenvalue weighted by atomic mass is 15.3. The van der Waals surface area contributed by atoms with Crippen molar-refractivity contribution >= 4 is 5.95 Å². The smallest absolute Gasteiger partial charge is 0.205 e. The van der Waals surface area contributed by atoms with Crippen LogP contribution < -0.4 is 4.90 Å². The number of nitrogens with zero attached hydrogens (tertiary/aromatic N) is 3. The van der Waals surface area contributed by atoms with E-state index in [1.165, 1.54) is 44.5 Å². The first kappa shape index (κ1) is 9.56. The van der Waals surface area contributed by atoms with Crippen LogP contribution in [0.4, 0.5) is 5.95 Å². The van der Waals surface area contributed by atoms with Gasteiger partial charge in [-0.05, 0) is 19.8 Å². The molecule has 0 N–H and O–H groups in total. The lowest BCUT2D eigenvalue weighted by Gasteiger charge is -2.21. The number of hydrogen-bond donors (Lipinski definition) is 0. The summed E-state index contributed by atoms with van der Waals surface area (Å²) in [5, 5.41) is 0. The zero-order valence-corrected chi connectivity index (χ0v) is 9.16. The maximum atomic E-state index is 4.47. The molecule has 1 saturated heterocycles. The van der Waals surface area contributed by atoms with Crippen LogP contribution in [0.2, 0.25) is 0 Å². The van der Waals surface area contributed by atoms with Gasteiger partial charge in [-0.25, -0.2) is 4.98 Å². The Morgan fingerprint density at radius 2 is 1.79 bits per heavy atom. The molecule has 0 spiro atoms. The Morgan fingerprint density at radius 3 is 2.29 bits per heavy atom. The van der Waals surface area contributed by atoms with E-state index >= 15 is 0 Å². The largest absolute Gasteiger partial charge is 0.342 e. The number of hydrogen-bond acceptors (Lipinski definition) is 2. The maximum Gasteiger partial charge on any atom is 0.205 e. The molecule has 78 valence electrons. The summed E-state index contributed by atoms with van der Waals surface area (Å²) < 4.78 is 2.19. The summed E-state index contributed by atoms with van der Waals surface area (Å²) in [6.07, 6.45) is 7.33. The van der Waals surface area contributed by atoms with Gasteiger partial charge < -0.3 is 9.47 Å². The number of imidazole rings is 1. The monoisotopic (exact) mass is 193 g/mol. The molecule has 1 aliphatic heterocycles. The molecule has 1 aromatic rings. The Bertz CT molecular complexity index is 295. The summed E-state index contributed by atoms with van der Waals surface area (Å²) in [5.41, 5.74) is 1.24. The van der Waals surface area contributed by atoms with Gasteiger partial charge in [0.1, 0.15) is 0 Å². The second-order valence-electron chi connectivity index (χ2n) is 4.16. The predicted molar refractivity (Wildman–Crippen MR) is 58.6 cm³/mol. The summed E-state index contributed by atoms with van der Waals surface area (Å²) in [5.74, 6) is 1.14. The molecule has 3 nitrogen and oxygen atoms in total. The van der Waals surface area contributed by atoms with Gasteiger partial charge >= 0.3 is 0 Å². The van der Waals surface area contributed by atoms with Crippen molar-refractivity contribution in [3.8, 4) is 0 Å². The quantitative estimate of drug-likeness (QED) is 0.681. The highest BCUT2D eigenvalue weighted by molar-refractivity contribution is 5.33. The van der Waals surface area contributed by atoms with Gasteiger partial charge in [0, 0.05) is 25.8 Å².